The molecule has 2 unspecified atom stereocenters. The van der Waals surface area contributed by atoms with E-state index in [1.54, 1.807) is 19.4 Å². The van der Waals surface area contributed by atoms with Crippen molar-refractivity contribution in [3.05, 3.63) is 60.1 Å². The Balaban J connectivity index is 2.10. The lowest BCUT2D eigenvalue weighted by Gasteiger charge is -2.20. The molecule has 0 aliphatic rings. The summed E-state index contributed by atoms with van der Waals surface area (Å²) in [5, 5.41) is 3.01. The average Bonchev–Trinajstić information content (AvgIpc) is 3.03. The fourth-order valence-electron chi connectivity index (χ4n) is 2.38. The minimum absolute atomic E-state index is 0.0119. The Labute approximate surface area is 125 Å². The second-order valence-corrected chi connectivity index (χ2v) is 4.90. The lowest BCUT2D eigenvalue weighted by Crippen LogP contribution is -2.34. The Morgan fingerprint density at radius 3 is 2.57 bits per heavy atom. The molecule has 1 aromatic heterocycles. The Morgan fingerprint density at radius 2 is 2.00 bits per heavy atom. The number of amides is 1. The van der Waals surface area contributed by atoms with Gasteiger partial charge in [-0.25, -0.2) is 0 Å². The normalized spacial score (nSPS) is 13.6. The largest absolute Gasteiger partial charge is 0.467 e. The highest BCUT2D eigenvalue weighted by Crippen LogP contribution is 2.22. The van der Waals surface area contributed by atoms with E-state index < -0.39 is 0 Å². The number of hydrogen-bond acceptors (Lipinski definition) is 3. The fourth-order valence-corrected chi connectivity index (χ4v) is 2.38. The molecule has 1 aromatic carbocycles. The molecule has 0 fully saturated rings. The van der Waals surface area contributed by atoms with Crippen LogP contribution in [0.15, 0.2) is 53.1 Å². The van der Waals surface area contributed by atoms with Crippen LogP contribution in [0.25, 0.3) is 0 Å². The van der Waals surface area contributed by atoms with Gasteiger partial charge < -0.3 is 14.5 Å². The van der Waals surface area contributed by atoms with Gasteiger partial charge in [-0.2, -0.15) is 0 Å². The zero-order valence-corrected chi connectivity index (χ0v) is 12.4. The molecule has 1 heterocycles. The first-order valence-electron chi connectivity index (χ1n) is 7.14. The molecule has 1 N–H and O–H groups in total. The van der Waals surface area contributed by atoms with Crippen molar-refractivity contribution in [2.45, 2.75) is 25.3 Å². The Hall–Kier alpha value is -2.07. The first-order chi connectivity index (χ1) is 10.3. The van der Waals surface area contributed by atoms with Gasteiger partial charge in [-0.05, 0) is 24.1 Å². The van der Waals surface area contributed by atoms with E-state index in [0.29, 0.717) is 12.4 Å². The number of ether oxygens (including phenoxy) is 1. The third kappa shape index (κ3) is 3.95. The molecule has 112 valence electrons. The summed E-state index contributed by atoms with van der Waals surface area (Å²) in [5.74, 6) is 0.524. The molecule has 2 atom stereocenters. The van der Waals surface area contributed by atoms with Gasteiger partial charge in [0.05, 0.1) is 18.8 Å². The monoisotopic (exact) mass is 287 g/mol. The van der Waals surface area contributed by atoms with Crippen LogP contribution in [0, 0.1) is 0 Å². The van der Waals surface area contributed by atoms with Crippen molar-refractivity contribution in [3.63, 3.8) is 0 Å². The van der Waals surface area contributed by atoms with Crippen LogP contribution in [-0.2, 0) is 9.53 Å². The Kier molecular flexibility index (Phi) is 5.58. The third-order valence-electron chi connectivity index (χ3n) is 3.46. The predicted octanol–water partition coefficient (Wildman–Crippen LogP) is 3.28. The van der Waals surface area contributed by atoms with E-state index in [0.717, 1.165) is 12.0 Å². The summed E-state index contributed by atoms with van der Waals surface area (Å²) in [5.41, 5.74) is 1.02. The molecule has 2 rings (SSSR count). The molecule has 0 aliphatic heterocycles. The van der Waals surface area contributed by atoms with E-state index >= 15 is 0 Å². The quantitative estimate of drug-likeness (QED) is 0.850. The number of benzene rings is 1. The number of carbonyl (C=O) groups excluding carboxylic acids is 1. The Morgan fingerprint density at radius 1 is 1.24 bits per heavy atom. The summed E-state index contributed by atoms with van der Waals surface area (Å²) in [4.78, 5) is 12.5. The summed E-state index contributed by atoms with van der Waals surface area (Å²) >= 11 is 0. The van der Waals surface area contributed by atoms with Crippen LogP contribution in [0.2, 0.25) is 0 Å². The van der Waals surface area contributed by atoms with Gasteiger partial charge >= 0.3 is 0 Å². The molecule has 0 saturated carbocycles. The maximum absolute atomic E-state index is 12.5. The van der Waals surface area contributed by atoms with E-state index in [1.807, 2.05) is 43.3 Å². The van der Waals surface area contributed by atoms with Crippen LogP contribution >= 0.6 is 0 Å². The maximum atomic E-state index is 12.5. The van der Waals surface area contributed by atoms with Crippen molar-refractivity contribution in [1.82, 2.24) is 5.32 Å². The van der Waals surface area contributed by atoms with Crippen LogP contribution in [0.1, 0.15) is 36.6 Å². The molecular formula is C17H21NO3. The van der Waals surface area contributed by atoms with E-state index in [4.69, 9.17) is 9.15 Å². The number of methoxy groups -OCH3 is 1. The zero-order chi connectivity index (χ0) is 15.1. The molecule has 21 heavy (non-hydrogen) atoms. The summed E-state index contributed by atoms with van der Waals surface area (Å²) in [6, 6.07) is 13.2. The van der Waals surface area contributed by atoms with Crippen LogP contribution in [-0.4, -0.2) is 19.6 Å². The molecule has 0 saturated heterocycles. The maximum Gasteiger partial charge on any atom is 0.228 e. The van der Waals surface area contributed by atoms with Gasteiger partial charge in [0.15, 0.2) is 0 Å². The number of carbonyl (C=O) groups is 1. The first-order valence-corrected chi connectivity index (χ1v) is 7.14. The first kappa shape index (κ1) is 15.3. The number of nitrogens with one attached hydrogen (secondary N) is 1. The van der Waals surface area contributed by atoms with Crippen LogP contribution in [0.5, 0.6) is 0 Å². The minimum Gasteiger partial charge on any atom is -0.467 e. The summed E-state index contributed by atoms with van der Waals surface area (Å²) < 4.78 is 10.5. The zero-order valence-electron chi connectivity index (χ0n) is 12.4. The molecule has 4 heteroatoms. The molecule has 0 aliphatic carbocycles. The second-order valence-electron chi connectivity index (χ2n) is 4.90. The number of rotatable bonds is 7. The molecular weight excluding hydrogens is 266 g/mol. The topological polar surface area (TPSA) is 51.5 Å². The van der Waals surface area contributed by atoms with Crippen molar-refractivity contribution in [2.75, 3.05) is 13.7 Å². The third-order valence-corrected chi connectivity index (χ3v) is 3.46. The van der Waals surface area contributed by atoms with Gasteiger partial charge in [-0.1, -0.05) is 37.3 Å². The molecule has 2 aromatic rings. The Bertz CT molecular complexity index is 536. The summed E-state index contributed by atoms with van der Waals surface area (Å²) in [6.45, 7) is 2.39. The lowest BCUT2D eigenvalue weighted by molar-refractivity contribution is -0.124. The standard InChI is InChI=1S/C17H21NO3/c1-3-14(13-8-5-4-6-9-13)17(19)18-15(12-20-2)16-10-7-11-21-16/h4-11,14-15H,3,12H2,1-2H3,(H,18,19). The molecule has 0 bridgehead atoms. The summed E-state index contributed by atoms with van der Waals surface area (Å²) in [6.07, 6.45) is 2.34. The molecule has 0 spiro atoms. The van der Waals surface area contributed by atoms with Gasteiger partial charge in [-0.15, -0.1) is 0 Å². The average molecular weight is 287 g/mol. The molecule has 1 amide bonds. The van der Waals surface area contributed by atoms with E-state index in [1.165, 1.54) is 0 Å². The van der Waals surface area contributed by atoms with Gasteiger partial charge in [0.1, 0.15) is 11.8 Å². The number of furan rings is 1. The summed E-state index contributed by atoms with van der Waals surface area (Å²) in [7, 11) is 1.61. The smallest absolute Gasteiger partial charge is 0.228 e. The van der Waals surface area contributed by atoms with Gasteiger partial charge in [0.2, 0.25) is 5.91 Å². The van der Waals surface area contributed by atoms with Crippen molar-refractivity contribution >= 4 is 5.91 Å². The molecule has 0 radical (unpaired) electrons. The van der Waals surface area contributed by atoms with Crippen LogP contribution in [0.4, 0.5) is 0 Å². The van der Waals surface area contributed by atoms with Gasteiger partial charge in [0, 0.05) is 7.11 Å². The van der Waals surface area contributed by atoms with Crippen LogP contribution < -0.4 is 5.32 Å². The number of hydrogen-bond donors (Lipinski definition) is 1. The van der Waals surface area contributed by atoms with Gasteiger partial charge in [0.25, 0.3) is 0 Å². The van der Waals surface area contributed by atoms with E-state index in [2.05, 4.69) is 5.32 Å². The highest BCUT2D eigenvalue weighted by molar-refractivity contribution is 5.83. The van der Waals surface area contributed by atoms with Crippen molar-refractivity contribution in [1.29, 1.82) is 0 Å². The predicted molar refractivity (Wildman–Crippen MR) is 80.9 cm³/mol. The minimum atomic E-state index is -0.268. The lowest BCUT2D eigenvalue weighted by atomic mass is 9.95. The SMILES string of the molecule is CCC(C(=O)NC(COC)c1ccco1)c1ccccc1. The fraction of sp³-hybridized carbons (Fsp3) is 0.353. The second kappa shape index (κ2) is 7.64. The van der Waals surface area contributed by atoms with E-state index in [9.17, 15) is 4.79 Å². The van der Waals surface area contributed by atoms with Crippen molar-refractivity contribution in [2.24, 2.45) is 0 Å². The highest BCUT2D eigenvalue weighted by Gasteiger charge is 2.23. The van der Waals surface area contributed by atoms with Crippen LogP contribution in [0.3, 0.4) is 0 Å². The van der Waals surface area contributed by atoms with E-state index in [-0.39, 0.29) is 17.9 Å². The van der Waals surface area contributed by atoms with Crippen molar-refractivity contribution in [3.8, 4) is 0 Å². The van der Waals surface area contributed by atoms with Gasteiger partial charge in [-0.3, -0.25) is 4.79 Å². The van der Waals surface area contributed by atoms with Crippen molar-refractivity contribution < 1.29 is 13.9 Å². The molecule has 4 nitrogen and oxygen atoms in total. The highest BCUT2D eigenvalue weighted by atomic mass is 16.5.